The number of esters is 1. The minimum atomic E-state index is -1.18. The first-order chi connectivity index (χ1) is 26.0. The lowest BCUT2D eigenvalue weighted by Gasteiger charge is -2.37. The molecule has 5 amide bonds. The first kappa shape index (κ1) is 44.2. The number of carbonyl (C=O) groups is 6. The van der Waals surface area contributed by atoms with Crippen LogP contribution in [0.1, 0.15) is 72.8 Å². The van der Waals surface area contributed by atoms with Crippen molar-refractivity contribution in [3.05, 3.63) is 29.8 Å². The number of alkyl carbamates (subject to hydrolysis) is 1. The average molecular weight is 787 g/mol. The van der Waals surface area contributed by atoms with E-state index in [0.29, 0.717) is 22.8 Å². The number of fused-ring (bicyclic) bond motifs is 2. The maximum absolute atomic E-state index is 14.3. The molecule has 1 aliphatic heterocycles. The second kappa shape index (κ2) is 20.5. The standard InChI is InChI=1S/C38H54N6O10S/c1-10-11-12-13-18-43-26-14-16-28(51-7)25(19-41-37(50)54-38(4,5)6)34(26)55-35-27(43)15-17-29(52-8)33(35)44(22-32(48)53-9)36(49)23(2)42-31(47)21-40-30(46)20-39-24(3)45/h14-17,23H,10-13,18-22H2,1-9H3,(H,39,45)(H,40,46)(H,41,50)(H,42,47)/t23-/m0/s1. The van der Waals surface area contributed by atoms with Gasteiger partial charge in [0.2, 0.25) is 23.6 Å². The van der Waals surface area contributed by atoms with Crippen LogP contribution < -0.4 is 40.5 Å². The Bertz CT molecular complexity index is 1730. The second-order valence-electron chi connectivity index (χ2n) is 13.7. The number of hydrogen-bond donors (Lipinski definition) is 4. The van der Waals surface area contributed by atoms with Crippen molar-refractivity contribution >= 4 is 64.5 Å². The summed E-state index contributed by atoms with van der Waals surface area (Å²) in [6.07, 6.45) is 3.32. The van der Waals surface area contributed by atoms with E-state index >= 15 is 0 Å². The van der Waals surface area contributed by atoms with Gasteiger partial charge in [0.05, 0.1) is 57.2 Å². The third-order valence-electron chi connectivity index (χ3n) is 8.28. The van der Waals surface area contributed by atoms with Crippen LogP contribution in [0.5, 0.6) is 11.5 Å². The van der Waals surface area contributed by atoms with Crippen molar-refractivity contribution in [3.63, 3.8) is 0 Å². The van der Waals surface area contributed by atoms with E-state index in [-0.39, 0.29) is 24.5 Å². The molecule has 0 aliphatic carbocycles. The highest BCUT2D eigenvalue weighted by atomic mass is 32.2. The Morgan fingerprint density at radius 3 is 2.07 bits per heavy atom. The summed E-state index contributed by atoms with van der Waals surface area (Å²) in [6, 6.07) is 6.24. The lowest BCUT2D eigenvalue weighted by molar-refractivity contribution is -0.140. The van der Waals surface area contributed by atoms with Crippen LogP contribution in [-0.4, -0.2) is 94.8 Å². The highest BCUT2D eigenvalue weighted by Gasteiger charge is 2.36. The SMILES string of the molecule is CCCCCCN1c2ccc(OC)c(CNC(=O)OC(C)(C)C)c2Sc2c1ccc(OC)c2N(CC(=O)OC)C(=O)[C@H](C)NC(=O)CNC(=O)CNC(C)=O. The number of nitrogens with zero attached hydrogens (tertiary/aromatic N) is 2. The number of methoxy groups -OCH3 is 3. The molecule has 17 heteroatoms. The smallest absolute Gasteiger partial charge is 0.407 e. The molecule has 1 aliphatic rings. The molecule has 55 heavy (non-hydrogen) atoms. The summed E-state index contributed by atoms with van der Waals surface area (Å²) in [7, 11) is 4.19. The van der Waals surface area contributed by atoms with E-state index in [9.17, 15) is 28.8 Å². The average Bonchev–Trinajstić information content (AvgIpc) is 3.13. The van der Waals surface area contributed by atoms with Gasteiger partial charge in [-0.2, -0.15) is 0 Å². The molecule has 0 spiro atoms. The minimum absolute atomic E-state index is 0.0573. The molecule has 1 atom stereocenters. The third-order valence-corrected chi connectivity index (χ3v) is 9.55. The van der Waals surface area contributed by atoms with Gasteiger partial charge in [0, 0.05) is 23.9 Å². The molecule has 3 rings (SSSR count). The molecule has 1 heterocycles. The maximum atomic E-state index is 14.3. The second-order valence-corrected chi connectivity index (χ2v) is 14.7. The van der Waals surface area contributed by atoms with Gasteiger partial charge in [-0.1, -0.05) is 37.9 Å². The fraction of sp³-hybridized carbons (Fsp3) is 0.526. The number of ether oxygens (including phenoxy) is 4. The normalized spacial score (nSPS) is 12.3. The zero-order valence-corrected chi connectivity index (χ0v) is 34.0. The van der Waals surface area contributed by atoms with E-state index in [1.807, 2.05) is 18.2 Å². The Labute approximate surface area is 326 Å². The van der Waals surface area contributed by atoms with Crippen molar-refractivity contribution in [1.29, 1.82) is 0 Å². The predicted molar refractivity (Wildman–Crippen MR) is 208 cm³/mol. The molecule has 0 saturated heterocycles. The Kier molecular flexibility index (Phi) is 16.5. The van der Waals surface area contributed by atoms with Gasteiger partial charge in [-0.3, -0.25) is 28.9 Å². The first-order valence-corrected chi connectivity index (χ1v) is 18.9. The molecule has 0 aromatic heterocycles. The van der Waals surface area contributed by atoms with Crippen LogP contribution in [0.15, 0.2) is 34.1 Å². The van der Waals surface area contributed by atoms with E-state index in [2.05, 4.69) is 33.1 Å². The summed E-state index contributed by atoms with van der Waals surface area (Å²) in [4.78, 5) is 80.8. The maximum Gasteiger partial charge on any atom is 0.407 e. The Morgan fingerprint density at radius 1 is 0.836 bits per heavy atom. The zero-order chi connectivity index (χ0) is 40.9. The fourth-order valence-corrected chi connectivity index (χ4v) is 7.07. The van der Waals surface area contributed by atoms with Gasteiger partial charge < -0.3 is 45.1 Å². The van der Waals surface area contributed by atoms with Gasteiger partial charge in [0.15, 0.2) is 0 Å². The van der Waals surface area contributed by atoms with Crippen LogP contribution in [0.25, 0.3) is 0 Å². The Balaban J connectivity index is 2.13. The monoisotopic (exact) mass is 786 g/mol. The summed E-state index contributed by atoms with van der Waals surface area (Å²) in [5.41, 5.74) is 1.83. The van der Waals surface area contributed by atoms with E-state index in [0.717, 1.165) is 42.0 Å². The van der Waals surface area contributed by atoms with Crippen molar-refractivity contribution in [3.8, 4) is 11.5 Å². The van der Waals surface area contributed by atoms with Crippen LogP contribution >= 0.6 is 11.8 Å². The number of benzene rings is 2. The summed E-state index contributed by atoms with van der Waals surface area (Å²) in [5, 5.41) is 10.2. The fourth-order valence-electron chi connectivity index (χ4n) is 5.70. The van der Waals surface area contributed by atoms with Crippen molar-refractivity contribution in [2.45, 2.75) is 95.2 Å². The molecule has 2 aromatic carbocycles. The molecule has 302 valence electrons. The highest BCUT2D eigenvalue weighted by Crippen LogP contribution is 2.56. The van der Waals surface area contributed by atoms with Crippen LogP contribution in [0.4, 0.5) is 21.9 Å². The van der Waals surface area contributed by atoms with Crippen molar-refractivity contribution in [2.75, 3.05) is 57.3 Å². The number of rotatable bonds is 18. The summed E-state index contributed by atoms with van der Waals surface area (Å²) < 4.78 is 22.1. The molecule has 16 nitrogen and oxygen atoms in total. The Morgan fingerprint density at radius 2 is 1.47 bits per heavy atom. The van der Waals surface area contributed by atoms with Crippen molar-refractivity contribution < 1.29 is 47.7 Å². The summed E-state index contributed by atoms with van der Waals surface area (Å²) >= 11 is 1.33. The molecule has 0 radical (unpaired) electrons. The quantitative estimate of drug-likeness (QED) is 0.125. The van der Waals surface area contributed by atoms with Crippen LogP contribution in [0, 0.1) is 0 Å². The minimum Gasteiger partial charge on any atom is -0.496 e. The molecular weight excluding hydrogens is 733 g/mol. The van der Waals surface area contributed by atoms with E-state index in [1.54, 1.807) is 26.8 Å². The highest BCUT2D eigenvalue weighted by molar-refractivity contribution is 8.00. The van der Waals surface area contributed by atoms with Gasteiger partial charge in [-0.05, 0) is 58.4 Å². The van der Waals surface area contributed by atoms with Gasteiger partial charge in [-0.15, -0.1) is 0 Å². The van der Waals surface area contributed by atoms with Gasteiger partial charge in [-0.25, -0.2) is 4.79 Å². The van der Waals surface area contributed by atoms with Crippen LogP contribution in [-0.2, 0) is 40.0 Å². The van der Waals surface area contributed by atoms with Crippen molar-refractivity contribution in [1.82, 2.24) is 21.3 Å². The number of amides is 5. The zero-order valence-electron chi connectivity index (χ0n) is 33.1. The summed E-state index contributed by atoms with van der Waals surface area (Å²) in [5.74, 6) is -2.26. The summed E-state index contributed by atoms with van der Waals surface area (Å²) in [6.45, 7) is 9.55. The molecule has 4 N–H and O–H groups in total. The van der Waals surface area contributed by atoms with Gasteiger partial charge >= 0.3 is 12.1 Å². The number of anilines is 3. The van der Waals surface area contributed by atoms with Crippen LogP contribution in [0.3, 0.4) is 0 Å². The largest absolute Gasteiger partial charge is 0.496 e. The third kappa shape index (κ3) is 12.4. The van der Waals surface area contributed by atoms with Gasteiger partial charge in [0.1, 0.15) is 35.4 Å². The topological polar surface area (TPSA) is 194 Å². The molecule has 0 unspecified atom stereocenters. The molecular formula is C38H54N6O10S. The Hall–Kier alpha value is -5.19. The molecule has 0 saturated carbocycles. The lowest BCUT2D eigenvalue weighted by atomic mass is 10.1. The number of carbonyl (C=O) groups excluding carboxylic acids is 6. The van der Waals surface area contributed by atoms with Crippen molar-refractivity contribution in [2.24, 2.45) is 0 Å². The van der Waals surface area contributed by atoms with E-state index in [1.165, 1.54) is 51.8 Å². The predicted octanol–water partition coefficient (Wildman–Crippen LogP) is 4.17. The number of nitrogens with one attached hydrogen (secondary N) is 4. The van der Waals surface area contributed by atoms with Crippen LogP contribution in [0.2, 0.25) is 0 Å². The van der Waals surface area contributed by atoms with E-state index in [4.69, 9.17) is 18.9 Å². The van der Waals surface area contributed by atoms with Gasteiger partial charge in [0.25, 0.3) is 0 Å². The molecule has 0 bridgehead atoms. The van der Waals surface area contributed by atoms with E-state index < -0.39 is 60.4 Å². The first-order valence-electron chi connectivity index (χ1n) is 18.1. The molecule has 0 fully saturated rings. The lowest BCUT2D eigenvalue weighted by Crippen LogP contribution is -2.51. The number of hydrogen-bond acceptors (Lipinski definition) is 12. The molecule has 2 aromatic rings. The number of unbranched alkanes of at least 4 members (excludes halogenated alkanes) is 3.